The normalized spacial score (nSPS) is 10.3. The van der Waals surface area contributed by atoms with Crippen molar-refractivity contribution in [3.63, 3.8) is 0 Å². The van der Waals surface area contributed by atoms with E-state index in [1.807, 2.05) is 0 Å². The van der Waals surface area contributed by atoms with Gasteiger partial charge in [-0.3, -0.25) is 4.79 Å². The highest BCUT2D eigenvalue weighted by Gasteiger charge is 2.11. The average molecular weight is 221 g/mol. The lowest BCUT2D eigenvalue weighted by Crippen LogP contribution is -1.96. The van der Waals surface area contributed by atoms with Crippen molar-refractivity contribution >= 4 is 17.1 Å². The molecule has 0 unspecified atom stereocenters. The Balaban J connectivity index is 2.63. The summed E-state index contributed by atoms with van der Waals surface area (Å²) in [7, 11) is 0. The van der Waals surface area contributed by atoms with Crippen LogP contribution in [0, 0.1) is 5.82 Å². The smallest absolute Gasteiger partial charge is 0.160 e. The minimum atomic E-state index is -0.358. The van der Waals surface area contributed by atoms with Gasteiger partial charge in [-0.15, -0.1) is 11.3 Å². The molecular formula is C11H8FNOS. The van der Waals surface area contributed by atoms with Crippen LogP contribution in [-0.4, -0.2) is 10.8 Å². The van der Waals surface area contributed by atoms with Crippen LogP contribution in [0.15, 0.2) is 29.1 Å². The summed E-state index contributed by atoms with van der Waals surface area (Å²) in [6.07, 6.45) is 0. The zero-order valence-corrected chi connectivity index (χ0v) is 8.84. The molecule has 4 heteroatoms. The Kier molecular flexibility index (Phi) is 2.60. The van der Waals surface area contributed by atoms with Gasteiger partial charge in [-0.2, -0.15) is 0 Å². The monoisotopic (exact) mass is 221 g/mol. The van der Waals surface area contributed by atoms with E-state index in [2.05, 4.69) is 4.98 Å². The standard InChI is InChI=1S/C11H8FNOS/c1-7(14)9-3-2-8(12)4-10(9)11-5-15-6-13-11/h2-6H,1H3. The molecule has 0 aliphatic heterocycles. The number of carbonyl (C=O) groups excluding carboxylic acids is 1. The molecule has 0 radical (unpaired) electrons. The topological polar surface area (TPSA) is 30.0 Å². The van der Waals surface area contributed by atoms with E-state index < -0.39 is 0 Å². The Morgan fingerprint density at radius 1 is 1.47 bits per heavy atom. The first kappa shape index (κ1) is 9.98. The van der Waals surface area contributed by atoms with Crippen LogP contribution in [0.4, 0.5) is 4.39 Å². The Bertz CT molecular complexity index is 493. The van der Waals surface area contributed by atoms with Crippen molar-refractivity contribution in [2.24, 2.45) is 0 Å². The van der Waals surface area contributed by atoms with Crippen LogP contribution in [0.2, 0.25) is 0 Å². The zero-order chi connectivity index (χ0) is 10.8. The number of rotatable bonds is 2. The summed E-state index contributed by atoms with van der Waals surface area (Å²) in [5.74, 6) is -0.444. The minimum absolute atomic E-state index is 0.0852. The molecule has 0 amide bonds. The van der Waals surface area contributed by atoms with E-state index in [1.165, 1.54) is 36.5 Å². The summed E-state index contributed by atoms with van der Waals surface area (Å²) >= 11 is 1.42. The summed E-state index contributed by atoms with van der Waals surface area (Å²) in [5.41, 5.74) is 3.36. The van der Waals surface area contributed by atoms with Crippen molar-refractivity contribution in [2.75, 3.05) is 0 Å². The lowest BCUT2D eigenvalue weighted by atomic mass is 10.0. The van der Waals surface area contributed by atoms with Gasteiger partial charge in [0.05, 0.1) is 11.2 Å². The van der Waals surface area contributed by atoms with Gasteiger partial charge in [-0.05, 0) is 25.1 Å². The lowest BCUT2D eigenvalue weighted by Gasteiger charge is -2.03. The quantitative estimate of drug-likeness (QED) is 0.729. The van der Waals surface area contributed by atoms with E-state index in [9.17, 15) is 9.18 Å². The minimum Gasteiger partial charge on any atom is -0.294 e. The third-order valence-electron chi connectivity index (χ3n) is 2.07. The molecule has 0 saturated heterocycles. The van der Waals surface area contributed by atoms with E-state index in [1.54, 1.807) is 10.9 Å². The fourth-order valence-electron chi connectivity index (χ4n) is 1.38. The van der Waals surface area contributed by atoms with Crippen LogP contribution in [-0.2, 0) is 0 Å². The number of aromatic nitrogens is 1. The average Bonchev–Trinajstić information content (AvgIpc) is 2.69. The van der Waals surface area contributed by atoms with E-state index in [0.717, 1.165) is 0 Å². The molecule has 2 aromatic rings. The van der Waals surface area contributed by atoms with Gasteiger partial charge in [0.15, 0.2) is 5.78 Å². The van der Waals surface area contributed by atoms with Crippen LogP contribution < -0.4 is 0 Å². The van der Waals surface area contributed by atoms with Gasteiger partial charge >= 0.3 is 0 Å². The summed E-state index contributed by atoms with van der Waals surface area (Å²) in [4.78, 5) is 15.4. The number of hydrogen-bond donors (Lipinski definition) is 0. The molecular weight excluding hydrogens is 213 g/mol. The van der Waals surface area contributed by atoms with E-state index in [4.69, 9.17) is 0 Å². The van der Waals surface area contributed by atoms with Crippen LogP contribution in [0.25, 0.3) is 11.3 Å². The number of thiazole rings is 1. The molecule has 0 atom stereocenters. The molecule has 76 valence electrons. The highest BCUT2D eigenvalue weighted by atomic mass is 32.1. The molecule has 0 N–H and O–H groups in total. The van der Waals surface area contributed by atoms with Crippen molar-refractivity contribution in [3.8, 4) is 11.3 Å². The molecule has 15 heavy (non-hydrogen) atoms. The molecule has 2 rings (SSSR count). The third-order valence-corrected chi connectivity index (χ3v) is 2.66. The van der Waals surface area contributed by atoms with Gasteiger partial charge < -0.3 is 0 Å². The van der Waals surface area contributed by atoms with Crippen molar-refractivity contribution in [1.29, 1.82) is 0 Å². The summed E-state index contributed by atoms with van der Waals surface area (Å²) in [6, 6.07) is 4.12. The van der Waals surface area contributed by atoms with Crippen molar-refractivity contribution in [1.82, 2.24) is 4.98 Å². The maximum absolute atomic E-state index is 13.1. The number of Topliss-reactive ketones (excluding diaryl/α,β-unsaturated/α-hetero) is 1. The van der Waals surface area contributed by atoms with Crippen LogP contribution in [0.3, 0.4) is 0 Å². The van der Waals surface area contributed by atoms with E-state index in [0.29, 0.717) is 16.8 Å². The van der Waals surface area contributed by atoms with Crippen LogP contribution in [0.5, 0.6) is 0 Å². The number of hydrogen-bond acceptors (Lipinski definition) is 3. The molecule has 1 aromatic heterocycles. The maximum atomic E-state index is 13.1. The Morgan fingerprint density at radius 3 is 2.87 bits per heavy atom. The summed E-state index contributed by atoms with van der Waals surface area (Å²) < 4.78 is 13.1. The third kappa shape index (κ3) is 1.94. The first-order chi connectivity index (χ1) is 7.18. The molecule has 0 spiro atoms. The molecule has 0 aliphatic carbocycles. The SMILES string of the molecule is CC(=O)c1ccc(F)cc1-c1cscn1. The highest BCUT2D eigenvalue weighted by Crippen LogP contribution is 2.24. The summed E-state index contributed by atoms with van der Waals surface area (Å²) in [5, 5.41) is 1.79. The maximum Gasteiger partial charge on any atom is 0.160 e. The molecule has 0 fully saturated rings. The van der Waals surface area contributed by atoms with Gasteiger partial charge in [-0.25, -0.2) is 9.37 Å². The van der Waals surface area contributed by atoms with Crippen molar-refractivity contribution in [2.45, 2.75) is 6.92 Å². The lowest BCUT2D eigenvalue weighted by molar-refractivity contribution is 0.101. The number of carbonyl (C=O) groups is 1. The number of ketones is 1. The Morgan fingerprint density at radius 2 is 2.27 bits per heavy atom. The number of benzene rings is 1. The van der Waals surface area contributed by atoms with Gasteiger partial charge in [0.1, 0.15) is 5.82 Å². The number of nitrogens with zero attached hydrogens (tertiary/aromatic N) is 1. The molecule has 1 heterocycles. The van der Waals surface area contributed by atoms with Gasteiger partial charge in [0.2, 0.25) is 0 Å². The first-order valence-corrected chi connectivity index (χ1v) is 5.32. The van der Waals surface area contributed by atoms with E-state index >= 15 is 0 Å². The van der Waals surface area contributed by atoms with Crippen molar-refractivity contribution < 1.29 is 9.18 Å². The van der Waals surface area contributed by atoms with Gasteiger partial charge in [0, 0.05) is 16.5 Å². The Labute approximate surface area is 90.4 Å². The fourth-order valence-corrected chi connectivity index (χ4v) is 1.93. The van der Waals surface area contributed by atoms with Crippen LogP contribution >= 0.6 is 11.3 Å². The summed E-state index contributed by atoms with van der Waals surface area (Å²) in [6.45, 7) is 1.46. The molecule has 0 bridgehead atoms. The predicted octanol–water partition coefficient (Wildman–Crippen LogP) is 3.15. The number of halogens is 1. The second-order valence-electron chi connectivity index (χ2n) is 3.12. The van der Waals surface area contributed by atoms with E-state index in [-0.39, 0.29) is 11.6 Å². The first-order valence-electron chi connectivity index (χ1n) is 4.37. The second-order valence-corrected chi connectivity index (χ2v) is 3.84. The zero-order valence-electron chi connectivity index (χ0n) is 8.03. The molecule has 0 aliphatic rings. The molecule has 2 nitrogen and oxygen atoms in total. The van der Waals surface area contributed by atoms with Gasteiger partial charge in [0.25, 0.3) is 0 Å². The predicted molar refractivity (Wildman–Crippen MR) is 57.5 cm³/mol. The van der Waals surface area contributed by atoms with Crippen LogP contribution in [0.1, 0.15) is 17.3 Å². The largest absolute Gasteiger partial charge is 0.294 e. The Hall–Kier alpha value is -1.55. The van der Waals surface area contributed by atoms with Crippen molar-refractivity contribution in [3.05, 3.63) is 40.5 Å². The molecule has 1 aromatic carbocycles. The second kappa shape index (κ2) is 3.90. The van der Waals surface area contributed by atoms with Gasteiger partial charge in [-0.1, -0.05) is 0 Å². The molecule has 0 saturated carbocycles. The fraction of sp³-hybridized carbons (Fsp3) is 0.0909. The highest BCUT2D eigenvalue weighted by molar-refractivity contribution is 7.07.